The fourth-order valence-electron chi connectivity index (χ4n) is 3.00. The third-order valence-electron chi connectivity index (χ3n) is 4.37. The summed E-state index contributed by atoms with van der Waals surface area (Å²) in [7, 11) is -4.28. The van der Waals surface area contributed by atoms with E-state index in [-0.39, 0.29) is 4.90 Å². The van der Waals surface area contributed by atoms with Crippen molar-refractivity contribution in [1.82, 2.24) is 0 Å². The fraction of sp³-hybridized carbons (Fsp3) is 0.429. The molecular formula is C21H28O4S. The number of hydrogen-bond donors (Lipinski definition) is 1. The molecule has 0 aliphatic carbocycles. The Labute approximate surface area is 157 Å². The molecule has 0 aliphatic heterocycles. The maximum absolute atomic E-state index is 11.8. The van der Waals surface area contributed by atoms with E-state index in [1.54, 1.807) is 12.1 Å². The van der Waals surface area contributed by atoms with E-state index in [0.717, 1.165) is 19.3 Å². The van der Waals surface area contributed by atoms with Crippen LogP contribution in [0.5, 0.6) is 11.5 Å². The van der Waals surface area contributed by atoms with E-state index in [2.05, 4.69) is 6.92 Å². The van der Waals surface area contributed by atoms with Gasteiger partial charge in [-0.25, -0.2) is 0 Å². The first-order valence-electron chi connectivity index (χ1n) is 9.34. The molecule has 1 N–H and O–H groups in total. The molecule has 2 aromatic rings. The SMILES string of the molecule is CCCCCCCCCc1c(Oc2ccccc2)cccc1S(=O)(=O)O. The van der Waals surface area contributed by atoms with Crippen LogP contribution in [0.1, 0.15) is 57.4 Å². The summed E-state index contributed by atoms with van der Waals surface area (Å²) in [6.07, 6.45) is 8.55. The van der Waals surface area contributed by atoms with Crippen molar-refractivity contribution in [1.29, 1.82) is 0 Å². The first kappa shape index (κ1) is 20.5. The normalized spacial score (nSPS) is 11.5. The minimum absolute atomic E-state index is 0.0584. The Hall–Kier alpha value is -1.85. The smallest absolute Gasteiger partial charge is 0.294 e. The van der Waals surface area contributed by atoms with Gasteiger partial charge in [-0.2, -0.15) is 8.42 Å². The zero-order valence-electron chi connectivity index (χ0n) is 15.4. The maximum atomic E-state index is 11.8. The zero-order valence-corrected chi connectivity index (χ0v) is 16.2. The molecule has 26 heavy (non-hydrogen) atoms. The summed E-state index contributed by atoms with van der Waals surface area (Å²) in [5.74, 6) is 1.12. The largest absolute Gasteiger partial charge is 0.457 e. The van der Waals surface area contributed by atoms with Gasteiger partial charge in [0.05, 0.1) is 0 Å². The third kappa shape index (κ3) is 6.46. The molecule has 142 valence electrons. The van der Waals surface area contributed by atoms with Crippen LogP contribution in [0.15, 0.2) is 53.4 Å². The van der Waals surface area contributed by atoms with Gasteiger partial charge in [-0.15, -0.1) is 0 Å². The van der Waals surface area contributed by atoms with Gasteiger partial charge in [0.1, 0.15) is 16.4 Å². The zero-order chi connectivity index (χ0) is 18.8. The van der Waals surface area contributed by atoms with Crippen LogP contribution < -0.4 is 4.74 Å². The number of rotatable bonds is 11. The monoisotopic (exact) mass is 376 g/mol. The van der Waals surface area contributed by atoms with Crippen molar-refractivity contribution >= 4 is 10.1 Å². The Morgan fingerprint density at radius 3 is 2.15 bits per heavy atom. The van der Waals surface area contributed by atoms with Gasteiger partial charge in [-0.3, -0.25) is 4.55 Å². The van der Waals surface area contributed by atoms with Gasteiger partial charge in [0, 0.05) is 5.56 Å². The first-order valence-corrected chi connectivity index (χ1v) is 10.8. The summed E-state index contributed by atoms with van der Waals surface area (Å²) in [5.41, 5.74) is 0.549. The molecule has 5 heteroatoms. The average molecular weight is 377 g/mol. The van der Waals surface area contributed by atoms with Gasteiger partial charge in [-0.1, -0.05) is 69.7 Å². The Kier molecular flexibility index (Phi) is 8.13. The first-order chi connectivity index (χ1) is 12.5. The molecule has 0 aromatic heterocycles. The van der Waals surface area contributed by atoms with E-state index >= 15 is 0 Å². The Balaban J connectivity index is 2.10. The molecule has 0 radical (unpaired) electrons. The lowest BCUT2D eigenvalue weighted by atomic mass is 10.0. The number of hydrogen-bond acceptors (Lipinski definition) is 3. The Morgan fingerprint density at radius 1 is 0.846 bits per heavy atom. The van der Waals surface area contributed by atoms with E-state index in [1.807, 2.05) is 30.3 Å². The highest BCUT2D eigenvalue weighted by molar-refractivity contribution is 7.85. The van der Waals surface area contributed by atoms with Crippen molar-refractivity contribution in [3.05, 3.63) is 54.1 Å². The van der Waals surface area contributed by atoms with Crippen LogP contribution in [0.2, 0.25) is 0 Å². The topological polar surface area (TPSA) is 63.6 Å². The summed E-state index contributed by atoms with van der Waals surface area (Å²) in [4.78, 5) is -0.0584. The molecule has 0 saturated carbocycles. The van der Waals surface area contributed by atoms with Crippen molar-refractivity contribution in [2.75, 3.05) is 0 Å². The minimum atomic E-state index is -4.28. The van der Waals surface area contributed by atoms with Crippen LogP contribution in [-0.2, 0) is 16.5 Å². The molecule has 0 fully saturated rings. The molecule has 0 atom stereocenters. The highest BCUT2D eigenvalue weighted by atomic mass is 32.2. The summed E-state index contributed by atoms with van der Waals surface area (Å²) in [6, 6.07) is 14.0. The van der Waals surface area contributed by atoms with Gasteiger partial charge in [0.15, 0.2) is 0 Å². The van der Waals surface area contributed by atoms with Crippen molar-refractivity contribution in [3.8, 4) is 11.5 Å². The van der Waals surface area contributed by atoms with Crippen molar-refractivity contribution in [2.45, 2.75) is 63.2 Å². The molecule has 0 bridgehead atoms. The van der Waals surface area contributed by atoms with Crippen LogP contribution in [-0.4, -0.2) is 13.0 Å². The van der Waals surface area contributed by atoms with Crippen molar-refractivity contribution < 1.29 is 17.7 Å². The van der Waals surface area contributed by atoms with E-state index in [1.165, 1.54) is 31.7 Å². The number of unbranched alkanes of at least 4 members (excludes halogenated alkanes) is 6. The van der Waals surface area contributed by atoms with E-state index in [4.69, 9.17) is 4.74 Å². The Bertz CT molecular complexity index is 770. The molecule has 0 unspecified atom stereocenters. The fourth-order valence-corrected chi connectivity index (χ4v) is 3.77. The molecule has 4 nitrogen and oxygen atoms in total. The molecule has 0 aliphatic rings. The molecule has 0 heterocycles. The molecule has 2 aromatic carbocycles. The Morgan fingerprint density at radius 2 is 1.50 bits per heavy atom. The standard InChI is InChI=1S/C21H28O4S/c1-2-3-4-5-6-7-11-15-19-20(25-18-13-9-8-10-14-18)16-12-17-21(19)26(22,23)24/h8-10,12-14,16-17H,2-7,11,15H2,1H3,(H,22,23,24). The van der Waals surface area contributed by atoms with Crippen LogP contribution in [0.3, 0.4) is 0 Å². The second-order valence-corrected chi connectivity index (χ2v) is 7.88. The summed E-state index contributed by atoms with van der Waals surface area (Å²) < 4.78 is 39.0. The van der Waals surface area contributed by atoms with Crippen molar-refractivity contribution in [3.63, 3.8) is 0 Å². The lowest BCUT2D eigenvalue weighted by molar-refractivity contribution is 0.462. The molecule has 0 spiro atoms. The highest BCUT2D eigenvalue weighted by Crippen LogP contribution is 2.31. The summed E-state index contributed by atoms with van der Waals surface area (Å²) >= 11 is 0. The molecule has 0 saturated heterocycles. The molecule has 0 amide bonds. The van der Waals surface area contributed by atoms with Gasteiger partial charge >= 0.3 is 0 Å². The van der Waals surface area contributed by atoms with Gasteiger partial charge < -0.3 is 4.74 Å². The van der Waals surface area contributed by atoms with Crippen LogP contribution in [0, 0.1) is 0 Å². The van der Waals surface area contributed by atoms with Crippen LogP contribution in [0.25, 0.3) is 0 Å². The molecular weight excluding hydrogens is 348 g/mol. The predicted molar refractivity (Wildman–Crippen MR) is 104 cm³/mol. The van der Waals surface area contributed by atoms with E-state index in [0.29, 0.717) is 23.5 Å². The minimum Gasteiger partial charge on any atom is -0.457 e. The van der Waals surface area contributed by atoms with Crippen molar-refractivity contribution in [2.24, 2.45) is 0 Å². The van der Waals surface area contributed by atoms with Gasteiger partial charge in [0.25, 0.3) is 10.1 Å². The summed E-state index contributed by atoms with van der Waals surface area (Å²) in [6.45, 7) is 2.19. The average Bonchev–Trinajstić information content (AvgIpc) is 2.62. The highest BCUT2D eigenvalue weighted by Gasteiger charge is 2.19. The number of para-hydroxylation sites is 1. The lowest BCUT2D eigenvalue weighted by Crippen LogP contribution is -2.05. The van der Waals surface area contributed by atoms with Crippen LogP contribution in [0.4, 0.5) is 0 Å². The molecule has 2 rings (SSSR count). The van der Waals surface area contributed by atoms with Gasteiger partial charge in [0.2, 0.25) is 0 Å². The number of ether oxygens (including phenoxy) is 1. The van der Waals surface area contributed by atoms with E-state index in [9.17, 15) is 13.0 Å². The van der Waals surface area contributed by atoms with Crippen LogP contribution >= 0.6 is 0 Å². The second-order valence-electron chi connectivity index (χ2n) is 6.49. The maximum Gasteiger partial charge on any atom is 0.294 e. The van der Waals surface area contributed by atoms with Gasteiger partial charge in [-0.05, 0) is 37.1 Å². The summed E-state index contributed by atoms with van der Waals surface area (Å²) in [5, 5.41) is 0. The second kappa shape index (κ2) is 10.3. The number of benzene rings is 2. The lowest BCUT2D eigenvalue weighted by Gasteiger charge is -2.14. The third-order valence-corrected chi connectivity index (χ3v) is 5.31. The van der Waals surface area contributed by atoms with E-state index < -0.39 is 10.1 Å². The predicted octanol–water partition coefficient (Wildman–Crippen LogP) is 6.02. The quantitative estimate of drug-likeness (QED) is 0.385.